The minimum atomic E-state index is -4.22. The van der Waals surface area contributed by atoms with Gasteiger partial charge >= 0.3 is 30.9 Å². The number of urea groups is 1. The number of halogens is 1. The van der Waals surface area contributed by atoms with Gasteiger partial charge in [0.25, 0.3) is 10.2 Å². The number of hydrogen-bond acceptors (Lipinski definition) is 9. The number of piperazine rings is 1. The van der Waals surface area contributed by atoms with Crippen molar-refractivity contribution < 1.29 is 47.2 Å². The minimum Gasteiger partial charge on any atom is -0.534 e. The number of nitrogens with one attached hydrogen (secondary N) is 3. The van der Waals surface area contributed by atoms with Gasteiger partial charge in [0.2, 0.25) is 5.91 Å². The van der Waals surface area contributed by atoms with Gasteiger partial charge in [0.05, 0.1) is 11.5 Å². The molecule has 3 rings (SSSR count). The van der Waals surface area contributed by atoms with Crippen LogP contribution in [0.5, 0.6) is 5.75 Å². The number of nitrogens with zero attached hydrogens (tertiary/aromatic N) is 2. The van der Waals surface area contributed by atoms with Gasteiger partial charge in [-0.05, 0) is 25.0 Å². The molecule has 2 unspecified atom stereocenters. The number of likely N-dealkylation sites (N-methyl/N-ethyl adjacent to an activating group) is 1. The lowest BCUT2D eigenvalue weighted by Gasteiger charge is -2.34. The number of carbonyl (C=O) groups is 5. The maximum absolute atomic E-state index is 13.4. The highest BCUT2D eigenvalue weighted by atomic mass is 35.5. The van der Waals surface area contributed by atoms with Gasteiger partial charge in [-0.3, -0.25) is 19.3 Å². The summed E-state index contributed by atoms with van der Waals surface area (Å²) in [5, 5.41) is 29.7. The van der Waals surface area contributed by atoms with Crippen LogP contribution in [0.25, 0.3) is 0 Å². The number of nitrogens with two attached hydrogens (primary N) is 1. The van der Waals surface area contributed by atoms with Crippen LogP contribution >= 0.6 is 11.6 Å². The molecule has 2 aliphatic heterocycles. The normalized spacial score (nSPS) is 18.9. The lowest BCUT2D eigenvalue weighted by Crippen LogP contribution is -2.64. The molecule has 2 heterocycles. The lowest BCUT2D eigenvalue weighted by atomic mass is 9.72. The number of para-hydroxylation sites is 1. The Labute approximate surface area is 234 Å². The second-order valence-electron chi connectivity index (χ2n) is 9.00. The summed E-state index contributed by atoms with van der Waals surface area (Å²) in [4.78, 5) is 64.5. The number of imide groups is 1. The van der Waals surface area contributed by atoms with E-state index in [0.717, 1.165) is 0 Å². The Morgan fingerprint density at radius 3 is 2.55 bits per heavy atom. The summed E-state index contributed by atoms with van der Waals surface area (Å²) in [6.45, 7) is 1.33. The Bertz CT molecular complexity index is 1300. The quantitative estimate of drug-likeness (QED) is 0.0916. The van der Waals surface area contributed by atoms with E-state index in [1.807, 2.05) is 4.72 Å². The number of carboxylic acids is 1. The maximum atomic E-state index is 13.4. The Morgan fingerprint density at radius 1 is 1.25 bits per heavy atom. The van der Waals surface area contributed by atoms with Crippen molar-refractivity contribution in [2.45, 2.75) is 25.3 Å². The van der Waals surface area contributed by atoms with Crippen molar-refractivity contribution in [2.24, 2.45) is 11.1 Å². The first-order valence-corrected chi connectivity index (χ1v) is 14.1. The van der Waals surface area contributed by atoms with Crippen molar-refractivity contribution in [1.82, 2.24) is 25.2 Å². The molecule has 0 spiro atoms. The standard InChI is InChI=1S/C21H28BClN6O10S/c1-2-28-6-7-29(19(32)18(28)31)21(35)27-15(12(9-23)10-25-40(24,37)38)17(30)26-14-8-11-4-3-5-13(20(33)34)16(11)39-22(14)36/h3-5,12,14-15,25,36H,2,6-10H2,1H3,(H,26,30)(H,27,35)(H,33,34)(H2,24,37,38)/t12?,14-,15?/m0/s1. The Hall–Kier alpha value is -3.45. The molecule has 2 aliphatic rings. The van der Waals surface area contributed by atoms with Crippen molar-refractivity contribution in [3.05, 3.63) is 29.3 Å². The fourth-order valence-electron chi connectivity index (χ4n) is 4.25. The molecule has 0 radical (unpaired) electrons. The highest BCUT2D eigenvalue weighted by molar-refractivity contribution is 7.87. The van der Waals surface area contributed by atoms with E-state index in [4.69, 9.17) is 21.4 Å². The third kappa shape index (κ3) is 7.19. The first kappa shape index (κ1) is 31.1. The summed E-state index contributed by atoms with van der Waals surface area (Å²) < 4.78 is 30.3. The van der Waals surface area contributed by atoms with Gasteiger partial charge in [-0.25, -0.2) is 19.5 Å². The maximum Gasteiger partial charge on any atom is 0.547 e. The number of aromatic carboxylic acids is 1. The molecular formula is C21H28BClN6O10S. The van der Waals surface area contributed by atoms with Crippen LogP contribution in [0, 0.1) is 5.92 Å². The van der Waals surface area contributed by atoms with Crippen molar-refractivity contribution in [3.8, 4) is 5.75 Å². The van der Waals surface area contributed by atoms with Gasteiger partial charge in [0.1, 0.15) is 11.8 Å². The van der Waals surface area contributed by atoms with Crippen LogP contribution in [0.1, 0.15) is 22.8 Å². The topological polar surface area (TPSA) is 238 Å². The summed E-state index contributed by atoms with van der Waals surface area (Å²) in [6, 6.07) is 1.61. The SMILES string of the molecule is CCN1CCN(C(=O)NC(C(=O)N[C@H]2Cc3cccc(C(=O)O)c3OB2O)C(CCl)CNS(N)(=O)=O)C(=O)C1=O. The molecule has 1 aromatic carbocycles. The number of benzene rings is 1. The molecule has 16 nitrogen and oxygen atoms in total. The van der Waals surface area contributed by atoms with Gasteiger partial charge in [0.15, 0.2) is 0 Å². The lowest BCUT2D eigenvalue weighted by molar-refractivity contribution is -0.153. The minimum absolute atomic E-state index is 0.0586. The summed E-state index contributed by atoms with van der Waals surface area (Å²) in [5.41, 5.74) is 0.184. The van der Waals surface area contributed by atoms with Crippen LogP contribution in [0.15, 0.2) is 18.2 Å². The summed E-state index contributed by atoms with van der Waals surface area (Å²) in [7, 11) is -5.91. The van der Waals surface area contributed by atoms with Crippen LogP contribution in [0.2, 0.25) is 0 Å². The van der Waals surface area contributed by atoms with Crippen LogP contribution < -0.4 is 25.1 Å². The van der Waals surface area contributed by atoms with E-state index in [9.17, 15) is 42.5 Å². The zero-order valence-corrected chi connectivity index (χ0v) is 22.8. The van der Waals surface area contributed by atoms with Gasteiger partial charge in [-0.2, -0.15) is 8.42 Å². The highest BCUT2D eigenvalue weighted by Gasteiger charge is 2.42. The summed E-state index contributed by atoms with van der Waals surface area (Å²) >= 11 is 6.00. The molecule has 1 saturated heterocycles. The van der Waals surface area contributed by atoms with Crippen molar-refractivity contribution in [3.63, 3.8) is 0 Å². The molecule has 7 N–H and O–H groups in total. The van der Waals surface area contributed by atoms with Crippen LogP contribution in [0.4, 0.5) is 4.79 Å². The molecule has 1 fully saturated rings. The van der Waals surface area contributed by atoms with E-state index in [1.54, 1.807) is 13.0 Å². The smallest absolute Gasteiger partial charge is 0.534 e. The molecule has 3 atom stereocenters. The average Bonchev–Trinajstić information content (AvgIpc) is 2.89. The number of carbonyl (C=O) groups excluding carboxylic acids is 4. The summed E-state index contributed by atoms with van der Waals surface area (Å²) in [6.07, 6.45) is -0.0586. The molecule has 1 aromatic rings. The number of carboxylic acid groups (broad SMARTS) is 1. The largest absolute Gasteiger partial charge is 0.547 e. The van der Waals surface area contributed by atoms with Crippen molar-refractivity contribution in [1.29, 1.82) is 0 Å². The predicted octanol–water partition coefficient (Wildman–Crippen LogP) is -2.76. The summed E-state index contributed by atoms with van der Waals surface area (Å²) in [5.74, 6) is -6.91. The van der Waals surface area contributed by atoms with Crippen LogP contribution in [-0.4, -0.2) is 109 Å². The Balaban J connectivity index is 1.83. The second kappa shape index (κ2) is 12.8. The molecule has 0 aromatic heterocycles. The molecular weight excluding hydrogens is 575 g/mol. The highest BCUT2D eigenvalue weighted by Crippen LogP contribution is 2.30. The molecule has 0 bridgehead atoms. The van der Waals surface area contributed by atoms with Crippen molar-refractivity contribution in [2.75, 3.05) is 32.1 Å². The number of rotatable bonds is 10. The third-order valence-electron chi connectivity index (χ3n) is 6.39. The van der Waals surface area contributed by atoms with E-state index < -0.39 is 71.5 Å². The molecule has 0 aliphatic carbocycles. The molecule has 5 amide bonds. The predicted molar refractivity (Wildman–Crippen MR) is 139 cm³/mol. The van der Waals surface area contributed by atoms with E-state index in [1.165, 1.54) is 17.0 Å². The fraction of sp³-hybridized carbons (Fsp3) is 0.476. The Kier molecular flexibility index (Phi) is 9.96. The number of amides is 5. The van der Waals surface area contributed by atoms with Crippen LogP contribution in [-0.2, 0) is 31.0 Å². The van der Waals surface area contributed by atoms with E-state index >= 15 is 0 Å². The van der Waals surface area contributed by atoms with Gasteiger partial charge in [-0.15, -0.1) is 11.6 Å². The fourth-order valence-corrected chi connectivity index (χ4v) is 4.99. The van der Waals surface area contributed by atoms with Gasteiger partial charge in [0, 0.05) is 38.0 Å². The number of fused-ring (bicyclic) bond motifs is 1. The van der Waals surface area contributed by atoms with E-state index in [2.05, 4.69) is 10.6 Å². The van der Waals surface area contributed by atoms with Crippen molar-refractivity contribution >= 4 is 58.7 Å². The van der Waals surface area contributed by atoms with Gasteiger partial charge in [-0.1, -0.05) is 12.1 Å². The monoisotopic (exact) mass is 602 g/mol. The Morgan fingerprint density at radius 2 is 1.95 bits per heavy atom. The van der Waals surface area contributed by atoms with Crippen LogP contribution in [0.3, 0.4) is 0 Å². The zero-order chi connectivity index (χ0) is 29.8. The van der Waals surface area contributed by atoms with E-state index in [-0.39, 0.29) is 43.2 Å². The number of hydrogen-bond donors (Lipinski definition) is 6. The average molecular weight is 603 g/mol. The number of alkyl halides is 1. The molecule has 0 saturated carbocycles. The second-order valence-corrected chi connectivity index (χ2v) is 10.7. The van der Waals surface area contributed by atoms with Gasteiger partial charge < -0.3 is 30.3 Å². The molecule has 19 heteroatoms. The third-order valence-corrected chi connectivity index (χ3v) is 7.36. The first-order valence-electron chi connectivity index (χ1n) is 12.0. The molecule has 40 heavy (non-hydrogen) atoms. The zero-order valence-electron chi connectivity index (χ0n) is 21.2. The first-order chi connectivity index (χ1) is 18.8. The molecule has 218 valence electrons. The van der Waals surface area contributed by atoms with E-state index in [0.29, 0.717) is 10.5 Å².